The maximum Gasteiger partial charge on any atom is 0.193 e. The van der Waals surface area contributed by atoms with Gasteiger partial charge in [0.15, 0.2) is 5.96 Å². The molecule has 154 valence electrons. The van der Waals surface area contributed by atoms with Crippen LogP contribution >= 0.6 is 11.6 Å². The van der Waals surface area contributed by atoms with Gasteiger partial charge in [-0.25, -0.2) is 0 Å². The van der Waals surface area contributed by atoms with Crippen molar-refractivity contribution < 1.29 is 4.74 Å². The first kappa shape index (κ1) is 20.0. The van der Waals surface area contributed by atoms with Gasteiger partial charge in [0.1, 0.15) is 0 Å². The molecule has 3 fully saturated rings. The van der Waals surface area contributed by atoms with Gasteiger partial charge in [-0.15, -0.1) is 0 Å². The number of guanidine groups is 1. The molecule has 1 aromatic rings. The molecule has 2 saturated heterocycles. The molecule has 1 unspecified atom stereocenters. The van der Waals surface area contributed by atoms with Crippen LogP contribution in [-0.2, 0) is 10.2 Å². The molecule has 1 aliphatic carbocycles. The first-order chi connectivity index (χ1) is 13.7. The first-order valence-corrected chi connectivity index (χ1v) is 11.2. The predicted molar refractivity (Wildman–Crippen MR) is 115 cm³/mol. The molecular weight excluding hydrogens is 372 g/mol. The van der Waals surface area contributed by atoms with Gasteiger partial charge < -0.3 is 15.0 Å². The summed E-state index contributed by atoms with van der Waals surface area (Å²) in [5.41, 5.74) is 1.53. The summed E-state index contributed by atoms with van der Waals surface area (Å²) >= 11 is 6.22. The van der Waals surface area contributed by atoms with Crippen LogP contribution in [0.5, 0.6) is 0 Å². The Balaban J connectivity index is 1.37. The fourth-order valence-corrected chi connectivity index (χ4v) is 4.67. The fraction of sp³-hybridized carbons (Fsp3) is 0.682. The SMILES string of the molecule is CCNC(=NCC1(c2cccc(Cl)c2)CC1)N1CCC(CN2CCOCC2)C1. The van der Waals surface area contributed by atoms with Gasteiger partial charge in [0.25, 0.3) is 0 Å². The Kier molecular flexibility index (Phi) is 6.44. The van der Waals surface area contributed by atoms with Gasteiger partial charge in [0.2, 0.25) is 0 Å². The fourth-order valence-electron chi connectivity index (χ4n) is 4.48. The molecule has 0 amide bonds. The zero-order valence-electron chi connectivity index (χ0n) is 17.0. The van der Waals surface area contributed by atoms with Crippen LogP contribution in [0.1, 0.15) is 31.7 Å². The molecule has 0 aromatic heterocycles. The highest BCUT2D eigenvalue weighted by Gasteiger charge is 2.44. The summed E-state index contributed by atoms with van der Waals surface area (Å²) in [5, 5.41) is 4.35. The number of aliphatic imine (C=N–C) groups is 1. The maximum atomic E-state index is 6.22. The van der Waals surface area contributed by atoms with Crippen LogP contribution in [0.3, 0.4) is 0 Å². The molecule has 5 nitrogen and oxygen atoms in total. The summed E-state index contributed by atoms with van der Waals surface area (Å²) in [6.07, 6.45) is 3.66. The van der Waals surface area contributed by atoms with E-state index in [9.17, 15) is 0 Å². The van der Waals surface area contributed by atoms with Gasteiger partial charge in [-0.2, -0.15) is 0 Å². The van der Waals surface area contributed by atoms with Crippen molar-refractivity contribution in [3.63, 3.8) is 0 Å². The van der Waals surface area contributed by atoms with Crippen molar-refractivity contribution in [1.82, 2.24) is 15.1 Å². The zero-order chi connectivity index (χ0) is 19.4. The van der Waals surface area contributed by atoms with Crippen molar-refractivity contribution in [3.05, 3.63) is 34.9 Å². The number of hydrogen-bond donors (Lipinski definition) is 1. The molecule has 0 bridgehead atoms. The molecule has 4 rings (SSSR count). The second-order valence-corrected chi connectivity index (χ2v) is 8.91. The monoisotopic (exact) mass is 404 g/mol. The lowest BCUT2D eigenvalue weighted by atomic mass is 9.96. The van der Waals surface area contributed by atoms with Crippen molar-refractivity contribution >= 4 is 17.6 Å². The third-order valence-electron chi connectivity index (χ3n) is 6.36. The second kappa shape index (κ2) is 9.02. The average Bonchev–Trinajstić information content (AvgIpc) is 3.37. The molecule has 2 heterocycles. The third-order valence-corrected chi connectivity index (χ3v) is 6.60. The summed E-state index contributed by atoms with van der Waals surface area (Å²) in [5.74, 6) is 1.81. The van der Waals surface area contributed by atoms with Crippen LogP contribution in [-0.4, -0.2) is 74.8 Å². The molecule has 28 heavy (non-hydrogen) atoms. The minimum absolute atomic E-state index is 0.193. The van der Waals surface area contributed by atoms with Crippen molar-refractivity contribution in [2.45, 2.75) is 31.6 Å². The number of benzene rings is 1. The van der Waals surface area contributed by atoms with E-state index in [2.05, 4.69) is 40.2 Å². The topological polar surface area (TPSA) is 40.1 Å². The Hall–Kier alpha value is -1.30. The Labute approximate surface area is 174 Å². The van der Waals surface area contributed by atoms with Crippen molar-refractivity contribution in [1.29, 1.82) is 0 Å². The number of morpholine rings is 1. The number of halogens is 1. The quantitative estimate of drug-likeness (QED) is 0.584. The molecule has 2 aliphatic heterocycles. The highest BCUT2D eigenvalue weighted by molar-refractivity contribution is 6.30. The minimum Gasteiger partial charge on any atom is -0.379 e. The van der Waals surface area contributed by atoms with Crippen LogP contribution in [0.25, 0.3) is 0 Å². The Morgan fingerprint density at radius 3 is 2.82 bits per heavy atom. The van der Waals surface area contributed by atoms with E-state index >= 15 is 0 Å². The van der Waals surface area contributed by atoms with Gasteiger partial charge in [-0.1, -0.05) is 23.7 Å². The van der Waals surface area contributed by atoms with Crippen LogP contribution in [0.4, 0.5) is 0 Å². The molecule has 1 aromatic carbocycles. The van der Waals surface area contributed by atoms with E-state index in [0.29, 0.717) is 0 Å². The summed E-state index contributed by atoms with van der Waals surface area (Å²) in [6, 6.07) is 8.33. The molecule has 1 N–H and O–H groups in total. The number of nitrogens with one attached hydrogen (secondary N) is 1. The Bertz CT molecular complexity index is 685. The number of rotatable bonds is 6. The lowest BCUT2D eigenvalue weighted by Gasteiger charge is -2.29. The molecule has 6 heteroatoms. The number of nitrogens with zero attached hydrogens (tertiary/aromatic N) is 3. The molecule has 3 aliphatic rings. The second-order valence-electron chi connectivity index (χ2n) is 8.47. The van der Waals surface area contributed by atoms with E-state index in [0.717, 1.165) is 69.4 Å². The first-order valence-electron chi connectivity index (χ1n) is 10.8. The summed E-state index contributed by atoms with van der Waals surface area (Å²) < 4.78 is 5.48. The van der Waals surface area contributed by atoms with Crippen molar-refractivity contribution in [3.8, 4) is 0 Å². The van der Waals surface area contributed by atoms with Gasteiger partial charge >= 0.3 is 0 Å². The average molecular weight is 405 g/mol. The van der Waals surface area contributed by atoms with E-state index in [1.165, 1.54) is 31.4 Å². The van der Waals surface area contributed by atoms with Crippen LogP contribution < -0.4 is 5.32 Å². The molecule has 0 spiro atoms. The minimum atomic E-state index is 0.193. The Morgan fingerprint density at radius 2 is 2.11 bits per heavy atom. The van der Waals surface area contributed by atoms with Crippen LogP contribution in [0.15, 0.2) is 29.3 Å². The highest BCUT2D eigenvalue weighted by atomic mass is 35.5. The number of ether oxygens (including phenoxy) is 1. The largest absolute Gasteiger partial charge is 0.379 e. The van der Waals surface area contributed by atoms with Crippen molar-refractivity contribution in [2.75, 3.05) is 59.0 Å². The lowest BCUT2D eigenvalue weighted by molar-refractivity contribution is 0.0315. The molecule has 1 saturated carbocycles. The van der Waals surface area contributed by atoms with E-state index in [1.807, 2.05) is 6.07 Å². The van der Waals surface area contributed by atoms with Gasteiger partial charge in [0, 0.05) is 49.7 Å². The predicted octanol–water partition coefficient (Wildman–Crippen LogP) is 2.99. The zero-order valence-corrected chi connectivity index (χ0v) is 17.8. The van der Waals surface area contributed by atoms with Gasteiger partial charge in [0.05, 0.1) is 19.8 Å². The molecule has 1 atom stereocenters. The van der Waals surface area contributed by atoms with Gasteiger partial charge in [-0.3, -0.25) is 9.89 Å². The lowest BCUT2D eigenvalue weighted by Crippen LogP contribution is -2.42. The normalized spacial score (nSPS) is 25.1. The molecular formula is C22H33ClN4O. The van der Waals surface area contributed by atoms with Crippen molar-refractivity contribution in [2.24, 2.45) is 10.9 Å². The van der Waals surface area contributed by atoms with Crippen LogP contribution in [0, 0.1) is 5.92 Å². The maximum absolute atomic E-state index is 6.22. The summed E-state index contributed by atoms with van der Waals surface area (Å²) in [6.45, 7) is 11.2. The third kappa shape index (κ3) is 4.81. The smallest absolute Gasteiger partial charge is 0.193 e. The van der Waals surface area contributed by atoms with E-state index in [-0.39, 0.29) is 5.41 Å². The van der Waals surface area contributed by atoms with E-state index in [4.69, 9.17) is 21.3 Å². The standard InChI is InChI=1S/C22H33ClN4O/c1-2-24-21(25-17-22(7-8-22)19-4-3-5-20(23)14-19)27-9-6-18(16-27)15-26-10-12-28-13-11-26/h3-5,14,18H,2,6-13,15-17H2,1H3,(H,24,25). The van der Waals surface area contributed by atoms with Crippen LogP contribution in [0.2, 0.25) is 5.02 Å². The molecule has 0 radical (unpaired) electrons. The van der Waals surface area contributed by atoms with E-state index in [1.54, 1.807) is 0 Å². The van der Waals surface area contributed by atoms with E-state index < -0.39 is 0 Å². The Morgan fingerprint density at radius 1 is 1.29 bits per heavy atom. The van der Waals surface area contributed by atoms with Gasteiger partial charge in [-0.05, 0) is 49.8 Å². The summed E-state index contributed by atoms with van der Waals surface area (Å²) in [7, 11) is 0. The number of hydrogen-bond acceptors (Lipinski definition) is 3. The summed E-state index contributed by atoms with van der Waals surface area (Å²) in [4.78, 5) is 10.1. The number of likely N-dealkylation sites (tertiary alicyclic amines) is 1. The highest BCUT2D eigenvalue weighted by Crippen LogP contribution is 2.48.